The van der Waals surface area contributed by atoms with Crippen molar-refractivity contribution in [3.8, 4) is 0 Å². The van der Waals surface area contributed by atoms with E-state index >= 15 is 0 Å². The summed E-state index contributed by atoms with van der Waals surface area (Å²) in [6.07, 6.45) is 5.39. The molecule has 0 bridgehead atoms. The van der Waals surface area contributed by atoms with Crippen LogP contribution in [0.4, 0.5) is 0 Å². The monoisotopic (exact) mass is 287 g/mol. The van der Waals surface area contributed by atoms with Crippen LogP contribution < -0.4 is 11.3 Å². The quantitative estimate of drug-likeness (QED) is 0.455. The van der Waals surface area contributed by atoms with E-state index in [9.17, 15) is 0 Å². The Hall–Kier alpha value is -0.490. The third kappa shape index (κ3) is 5.03. The van der Waals surface area contributed by atoms with Crippen LogP contribution in [0.3, 0.4) is 0 Å². The van der Waals surface area contributed by atoms with Crippen molar-refractivity contribution in [3.05, 3.63) is 28.5 Å². The van der Waals surface area contributed by atoms with Gasteiger partial charge in [-0.05, 0) is 47.3 Å². The van der Waals surface area contributed by atoms with E-state index < -0.39 is 0 Å². The molecule has 0 spiro atoms. The number of aromatic nitrogens is 1. The summed E-state index contributed by atoms with van der Waals surface area (Å²) in [6, 6.07) is 2.28. The van der Waals surface area contributed by atoms with Crippen LogP contribution in [0.1, 0.15) is 18.9 Å². The zero-order chi connectivity index (χ0) is 11.8. The highest BCUT2D eigenvalue weighted by atomic mass is 79.9. The Bertz CT molecular complexity index is 309. The fraction of sp³-hybridized carbons (Fsp3) is 0.545. The van der Waals surface area contributed by atoms with Gasteiger partial charge >= 0.3 is 0 Å². The molecule has 1 heterocycles. The summed E-state index contributed by atoms with van der Waals surface area (Å²) in [5.41, 5.74) is 3.97. The minimum Gasteiger partial charge on any atom is -0.382 e. The molecule has 0 aliphatic carbocycles. The Labute approximate surface area is 105 Å². The highest BCUT2D eigenvalue weighted by Gasteiger charge is 2.08. The van der Waals surface area contributed by atoms with E-state index in [0.29, 0.717) is 0 Å². The van der Waals surface area contributed by atoms with Gasteiger partial charge in [-0.1, -0.05) is 0 Å². The van der Waals surface area contributed by atoms with Gasteiger partial charge in [0.25, 0.3) is 0 Å². The van der Waals surface area contributed by atoms with Gasteiger partial charge < -0.3 is 4.74 Å². The number of hydrogen-bond acceptors (Lipinski definition) is 4. The molecule has 16 heavy (non-hydrogen) atoms. The predicted molar refractivity (Wildman–Crippen MR) is 67.9 cm³/mol. The Morgan fingerprint density at radius 1 is 1.56 bits per heavy atom. The van der Waals surface area contributed by atoms with Crippen LogP contribution in [0.25, 0.3) is 0 Å². The van der Waals surface area contributed by atoms with Crippen molar-refractivity contribution in [2.24, 2.45) is 5.84 Å². The second-order valence-corrected chi connectivity index (χ2v) is 4.48. The molecule has 0 amide bonds. The summed E-state index contributed by atoms with van der Waals surface area (Å²) in [6.45, 7) is 3.46. The van der Waals surface area contributed by atoms with Crippen LogP contribution in [-0.4, -0.2) is 24.2 Å². The van der Waals surface area contributed by atoms with E-state index in [-0.39, 0.29) is 6.04 Å². The van der Waals surface area contributed by atoms with E-state index in [1.165, 1.54) is 0 Å². The van der Waals surface area contributed by atoms with Gasteiger partial charge in [0.05, 0.1) is 0 Å². The number of rotatable bonds is 7. The minimum absolute atomic E-state index is 0.225. The number of ether oxygens (including phenoxy) is 1. The molecule has 0 saturated carbocycles. The molecule has 1 aromatic rings. The molecule has 1 atom stereocenters. The maximum atomic E-state index is 5.50. The number of halogens is 1. The molecule has 5 heteroatoms. The zero-order valence-electron chi connectivity index (χ0n) is 9.45. The van der Waals surface area contributed by atoms with E-state index in [1.54, 1.807) is 6.20 Å². The minimum atomic E-state index is 0.225. The molecule has 3 N–H and O–H groups in total. The summed E-state index contributed by atoms with van der Waals surface area (Å²) in [4.78, 5) is 4.12. The maximum absolute atomic E-state index is 5.50. The van der Waals surface area contributed by atoms with Gasteiger partial charge in [-0.3, -0.25) is 16.3 Å². The lowest BCUT2D eigenvalue weighted by Gasteiger charge is -2.15. The van der Waals surface area contributed by atoms with Gasteiger partial charge in [-0.2, -0.15) is 0 Å². The normalized spacial score (nSPS) is 12.7. The Balaban J connectivity index is 2.43. The molecule has 1 aromatic heterocycles. The first-order chi connectivity index (χ1) is 7.76. The molecule has 0 fully saturated rings. The van der Waals surface area contributed by atoms with Crippen molar-refractivity contribution in [2.75, 3.05) is 13.2 Å². The number of nitrogens with zero attached hydrogens (tertiary/aromatic N) is 1. The first-order valence-electron chi connectivity index (χ1n) is 5.39. The lowest BCUT2D eigenvalue weighted by atomic mass is 10.1. The van der Waals surface area contributed by atoms with Crippen molar-refractivity contribution in [1.82, 2.24) is 10.4 Å². The van der Waals surface area contributed by atoms with Crippen LogP contribution in [-0.2, 0) is 11.2 Å². The summed E-state index contributed by atoms with van der Waals surface area (Å²) >= 11 is 3.40. The van der Waals surface area contributed by atoms with Crippen molar-refractivity contribution in [1.29, 1.82) is 0 Å². The average molecular weight is 288 g/mol. The SMILES string of the molecule is CCOCCC(Cc1cncc(Br)c1)NN. The molecule has 0 radical (unpaired) electrons. The van der Waals surface area contributed by atoms with Crippen LogP contribution in [0, 0.1) is 0 Å². The predicted octanol–water partition coefficient (Wildman–Crippen LogP) is 1.65. The Morgan fingerprint density at radius 3 is 3.00 bits per heavy atom. The van der Waals surface area contributed by atoms with Gasteiger partial charge in [-0.15, -0.1) is 0 Å². The van der Waals surface area contributed by atoms with Gasteiger partial charge in [0, 0.05) is 36.1 Å². The number of nitrogens with two attached hydrogens (primary N) is 1. The molecule has 0 aromatic carbocycles. The summed E-state index contributed by atoms with van der Waals surface area (Å²) in [7, 11) is 0. The molecule has 90 valence electrons. The van der Waals surface area contributed by atoms with Crippen molar-refractivity contribution in [3.63, 3.8) is 0 Å². The number of hydrazine groups is 1. The van der Waals surface area contributed by atoms with Crippen LogP contribution >= 0.6 is 15.9 Å². The van der Waals surface area contributed by atoms with Crippen LogP contribution in [0.2, 0.25) is 0 Å². The second kappa shape index (κ2) is 7.73. The molecule has 0 aliphatic rings. The first-order valence-corrected chi connectivity index (χ1v) is 6.18. The van der Waals surface area contributed by atoms with Gasteiger partial charge in [0.2, 0.25) is 0 Å². The van der Waals surface area contributed by atoms with Crippen LogP contribution in [0.15, 0.2) is 22.9 Å². The average Bonchev–Trinajstić information content (AvgIpc) is 2.28. The molecule has 1 unspecified atom stereocenters. The lowest BCUT2D eigenvalue weighted by Crippen LogP contribution is -2.37. The number of hydrogen-bond donors (Lipinski definition) is 2. The smallest absolute Gasteiger partial charge is 0.0481 e. The molecular weight excluding hydrogens is 270 g/mol. The van der Waals surface area contributed by atoms with Crippen molar-refractivity contribution < 1.29 is 4.74 Å². The Morgan fingerprint density at radius 2 is 2.38 bits per heavy atom. The fourth-order valence-electron chi connectivity index (χ4n) is 1.47. The fourth-order valence-corrected chi connectivity index (χ4v) is 1.88. The maximum Gasteiger partial charge on any atom is 0.0481 e. The zero-order valence-corrected chi connectivity index (χ0v) is 11.0. The second-order valence-electron chi connectivity index (χ2n) is 3.56. The standard InChI is InChI=1S/C11H18BrN3O/c1-2-16-4-3-11(15-13)6-9-5-10(12)8-14-7-9/h5,7-8,11,15H,2-4,6,13H2,1H3. The highest BCUT2D eigenvalue weighted by molar-refractivity contribution is 9.10. The topological polar surface area (TPSA) is 60.2 Å². The molecular formula is C11H18BrN3O. The Kier molecular flexibility index (Phi) is 6.56. The lowest BCUT2D eigenvalue weighted by molar-refractivity contribution is 0.136. The molecule has 0 saturated heterocycles. The van der Waals surface area contributed by atoms with Gasteiger partial charge in [0.1, 0.15) is 0 Å². The van der Waals surface area contributed by atoms with E-state index in [1.807, 2.05) is 13.1 Å². The van der Waals surface area contributed by atoms with Gasteiger partial charge in [0.15, 0.2) is 0 Å². The number of nitrogens with one attached hydrogen (secondary N) is 1. The van der Waals surface area contributed by atoms with Crippen molar-refractivity contribution in [2.45, 2.75) is 25.8 Å². The summed E-state index contributed by atoms with van der Waals surface area (Å²) in [5.74, 6) is 5.50. The largest absolute Gasteiger partial charge is 0.382 e. The summed E-state index contributed by atoms with van der Waals surface area (Å²) < 4.78 is 6.30. The first kappa shape index (κ1) is 13.6. The van der Waals surface area contributed by atoms with Gasteiger partial charge in [-0.25, -0.2) is 0 Å². The van der Waals surface area contributed by atoms with Crippen LogP contribution in [0.5, 0.6) is 0 Å². The molecule has 4 nitrogen and oxygen atoms in total. The summed E-state index contributed by atoms with van der Waals surface area (Å²) in [5, 5.41) is 0. The van der Waals surface area contributed by atoms with E-state index in [0.717, 1.165) is 36.1 Å². The van der Waals surface area contributed by atoms with E-state index in [2.05, 4.69) is 32.4 Å². The highest BCUT2D eigenvalue weighted by Crippen LogP contribution is 2.12. The molecule has 1 rings (SSSR count). The third-order valence-corrected chi connectivity index (χ3v) is 2.73. The van der Waals surface area contributed by atoms with Crippen molar-refractivity contribution >= 4 is 15.9 Å². The van der Waals surface area contributed by atoms with E-state index in [4.69, 9.17) is 10.6 Å². The third-order valence-electron chi connectivity index (χ3n) is 2.29. The molecule has 0 aliphatic heterocycles. The number of pyridine rings is 1.